The molecule has 1 unspecified atom stereocenters. The minimum atomic E-state index is -0.476. The highest BCUT2D eigenvalue weighted by molar-refractivity contribution is 9.09. The zero-order valence-corrected chi connectivity index (χ0v) is 13.4. The average molecular weight is 355 g/mol. The van der Waals surface area contributed by atoms with E-state index in [9.17, 15) is 8.78 Å². The Morgan fingerprint density at radius 2 is 1.62 bits per heavy atom. The van der Waals surface area contributed by atoms with Gasteiger partial charge in [0.15, 0.2) is 0 Å². The van der Waals surface area contributed by atoms with Crippen molar-refractivity contribution in [2.75, 3.05) is 12.4 Å². The monoisotopic (exact) mass is 354 g/mol. The molecule has 1 nitrogen and oxygen atoms in total. The fourth-order valence-electron chi connectivity index (χ4n) is 2.29. The Hall–Kier alpha value is -1.42. The molecule has 0 aliphatic rings. The number of ether oxygens (including phenoxy) is 1. The van der Waals surface area contributed by atoms with Gasteiger partial charge in [0.2, 0.25) is 0 Å². The SMILES string of the molecule is COc1ccc(CC(CBr)Cc2c(F)cccc2F)cc1. The Labute approximate surface area is 132 Å². The van der Waals surface area contributed by atoms with Gasteiger partial charge in [-0.15, -0.1) is 0 Å². The molecule has 4 heteroatoms. The number of alkyl halides is 1. The van der Waals surface area contributed by atoms with Gasteiger partial charge in [-0.2, -0.15) is 0 Å². The van der Waals surface area contributed by atoms with Gasteiger partial charge >= 0.3 is 0 Å². The van der Waals surface area contributed by atoms with E-state index in [0.29, 0.717) is 11.8 Å². The second-order valence-corrected chi connectivity index (χ2v) is 5.62. The maximum Gasteiger partial charge on any atom is 0.129 e. The molecule has 0 saturated carbocycles. The molecule has 0 aromatic heterocycles. The first kappa shape index (κ1) is 16.0. The van der Waals surface area contributed by atoms with E-state index in [1.807, 2.05) is 24.3 Å². The summed E-state index contributed by atoms with van der Waals surface area (Å²) in [6.07, 6.45) is 1.12. The summed E-state index contributed by atoms with van der Waals surface area (Å²) >= 11 is 3.44. The van der Waals surface area contributed by atoms with Crippen molar-refractivity contribution in [3.05, 3.63) is 65.2 Å². The summed E-state index contributed by atoms with van der Waals surface area (Å²) in [6.45, 7) is 0. The topological polar surface area (TPSA) is 9.23 Å². The van der Waals surface area contributed by atoms with Crippen molar-refractivity contribution >= 4 is 15.9 Å². The molecule has 21 heavy (non-hydrogen) atoms. The summed E-state index contributed by atoms with van der Waals surface area (Å²) in [7, 11) is 1.62. The van der Waals surface area contributed by atoms with Crippen molar-refractivity contribution in [1.82, 2.24) is 0 Å². The highest BCUT2D eigenvalue weighted by Gasteiger charge is 2.15. The van der Waals surface area contributed by atoms with E-state index in [0.717, 1.165) is 17.7 Å². The Morgan fingerprint density at radius 3 is 2.14 bits per heavy atom. The summed E-state index contributed by atoms with van der Waals surface area (Å²) in [4.78, 5) is 0. The van der Waals surface area contributed by atoms with Gasteiger partial charge in [0.1, 0.15) is 17.4 Å². The Morgan fingerprint density at radius 1 is 1.00 bits per heavy atom. The van der Waals surface area contributed by atoms with Crippen LogP contribution in [-0.4, -0.2) is 12.4 Å². The number of rotatable bonds is 6. The maximum atomic E-state index is 13.7. The summed E-state index contributed by atoms with van der Waals surface area (Å²) in [5.41, 5.74) is 1.28. The Kier molecular flexibility index (Phi) is 5.74. The second-order valence-electron chi connectivity index (χ2n) is 4.98. The van der Waals surface area contributed by atoms with Crippen molar-refractivity contribution in [2.24, 2.45) is 5.92 Å². The van der Waals surface area contributed by atoms with Crippen LogP contribution in [-0.2, 0) is 12.8 Å². The smallest absolute Gasteiger partial charge is 0.129 e. The quantitative estimate of drug-likeness (QED) is 0.679. The lowest BCUT2D eigenvalue weighted by Gasteiger charge is -2.15. The van der Waals surface area contributed by atoms with Crippen molar-refractivity contribution < 1.29 is 13.5 Å². The molecule has 112 valence electrons. The number of methoxy groups -OCH3 is 1. The normalized spacial score (nSPS) is 12.2. The van der Waals surface area contributed by atoms with Gasteiger partial charge in [0, 0.05) is 10.9 Å². The molecule has 0 N–H and O–H groups in total. The minimum absolute atomic E-state index is 0.129. The number of halogens is 3. The van der Waals surface area contributed by atoms with Gasteiger partial charge in [-0.05, 0) is 48.6 Å². The van der Waals surface area contributed by atoms with Crippen molar-refractivity contribution in [2.45, 2.75) is 12.8 Å². The van der Waals surface area contributed by atoms with Crippen LogP contribution in [0.3, 0.4) is 0 Å². The fraction of sp³-hybridized carbons (Fsp3) is 0.294. The van der Waals surface area contributed by atoms with Crippen LogP contribution in [0.1, 0.15) is 11.1 Å². The van der Waals surface area contributed by atoms with E-state index >= 15 is 0 Å². The van der Waals surface area contributed by atoms with Crippen LogP contribution in [0, 0.1) is 17.6 Å². The number of benzene rings is 2. The van der Waals surface area contributed by atoms with Crippen LogP contribution < -0.4 is 4.74 Å². The summed E-state index contributed by atoms with van der Waals surface area (Å²) < 4.78 is 32.5. The molecular weight excluding hydrogens is 338 g/mol. The molecule has 2 rings (SSSR count). The molecule has 0 aliphatic heterocycles. The van der Waals surface area contributed by atoms with Gasteiger partial charge in [0.25, 0.3) is 0 Å². The van der Waals surface area contributed by atoms with Crippen LogP contribution in [0.2, 0.25) is 0 Å². The maximum absolute atomic E-state index is 13.7. The third-order valence-corrected chi connectivity index (χ3v) is 4.37. The lowest BCUT2D eigenvalue weighted by molar-refractivity contribution is 0.414. The van der Waals surface area contributed by atoms with Crippen molar-refractivity contribution in [3.63, 3.8) is 0 Å². The van der Waals surface area contributed by atoms with E-state index < -0.39 is 11.6 Å². The van der Waals surface area contributed by atoms with Gasteiger partial charge < -0.3 is 4.74 Å². The van der Waals surface area contributed by atoms with Gasteiger partial charge in [-0.25, -0.2) is 8.78 Å². The zero-order chi connectivity index (χ0) is 15.2. The van der Waals surface area contributed by atoms with Gasteiger partial charge in [-0.3, -0.25) is 0 Å². The zero-order valence-electron chi connectivity index (χ0n) is 11.8. The third-order valence-electron chi connectivity index (χ3n) is 3.46. The predicted octanol–water partition coefficient (Wildman–Crippen LogP) is 4.77. The van der Waals surface area contributed by atoms with Crippen LogP contribution in [0.15, 0.2) is 42.5 Å². The third kappa shape index (κ3) is 4.27. The van der Waals surface area contributed by atoms with Crippen molar-refractivity contribution in [3.8, 4) is 5.75 Å². The molecule has 0 fully saturated rings. The summed E-state index contributed by atoms with van der Waals surface area (Å²) in [5.74, 6) is -0.0227. The molecule has 0 heterocycles. The molecule has 0 radical (unpaired) electrons. The highest BCUT2D eigenvalue weighted by Crippen LogP contribution is 2.22. The van der Waals surface area contributed by atoms with E-state index in [1.165, 1.54) is 18.2 Å². The molecule has 2 aromatic rings. The molecule has 0 amide bonds. The van der Waals surface area contributed by atoms with E-state index in [2.05, 4.69) is 15.9 Å². The summed E-state index contributed by atoms with van der Waals surface area (Å²) in [5, 5.41) is 0.687. The predicted molar refractivity (Wildman–Crippen MR) is 84.0 cm³/mol. The molecule has 1 atom stereocenters. The molecule has 0 spiro atoms. The van der Waals surface area contributed by atoms with Gasteiger partial charge in [0.05, 0.1) is 7.11 Å². The lowest BCUT2D eigenvalue weighted by Crippen LogP contribution is -2.12. The molecule has 2 aromatic carbocycles. The minimum Gasteiger partial charge on any atom is -0.497 e. The van der Waals surface area contributed by atoms with Gasteiger partial charge in [-0.1, -0.05) is 34.1 Å². The number of hydrogen-bond donors (Lipinski definition) is 0. The fourth-order valence-corrected chi connectivity index (χ4v) is 2.75. The van der Waals surface area contributed by atoms with E-state index in [1.54, 1.807) is 7.11 Å². The standard InChI is InChI=1S/C17H17BrF2O/c1-21-14-7-5-12(6-8-14)9-13(11-18)10-15-16(19)3-2-4-17(15)20/h2-8,13H,9-11H2,1H3. The Balaban J connectivity index is 2.09. The molecular formula is C17H17BrF2O. The first-order valence-corrected chi connectivity index (χ1v) is 7.88. The van der Waals surface area contributed by atoms with Crippen LogP contribution in [0.4, 0.5) is 8.78 Å². The highest BCUT2D eigenvalue weighted by atomic mass is 79.9. The lowest BCUT2D eigenvalue weighted by atomic mass is 9.93. The van der Waals surface area contributed by atoms with Crippen LogP contribution in [0.25, 0.3) is 0 Å². The van der Waals surface area contributed by atoms with E-state index in [-0.39, 0.29) is 11.5 Å². The molecule has 0 saturated heterocycles. The Bertz CT molecular complexity index is 564. The first-order valence-electron chi connectivity index (χ1n) is 6.75. The summed E-state index contributed by atoms with van der Waals surface area (Å²) in [6, 6.07) is 11.7. The van der Waals surface area contributed by atoms with E-state index in [4.69, 9.17) is 4.74 Å². The first-order chi connectivity index (χ1) is 10.1. The average Bonchev–Trinajstić information content (AvgIpc) is 2.50. The van der Waals surface area contributed by atoms with Crippen molar-refractivity contribution in [1.29, 1.82) is 0 Å². The van der Waals surface area contributed by atoms with Crippen LogP contribution >= 0.6 is 15.9 Å². The second kappa shape index (κ2) is 7.55. The molecule has 0 bridgehead atoms. The largest absolute Gasteiger partial charge is 0.497 e. The number of hydrogen-bond acceptors (Lipinski definition) is 1. The van der Waals surface area contributed by atoms with Crippen LogP contribution in [0.5, 0.6) is 5.75 Å². The molecule has 0 aliphatic carbocycles.